The first-order valence-electron chi connectivity index (χ1n) is 8.60. The van der Waals surface area contributed by atoms with Gasteiger partial charge in [-0.3, -0.25) is 9.20 Å². The molecule has 0 saturated carbocycles. The van der Waals surface area contributed by atoms with Gasteiger partial charge in [-0.25, -0.2) is 0 Å². The van der Waals surface area contributed by atoms with Crippen LogP contribution in [0.15, 0.2) is 46.2 Å². The maximum absolute atomic E-state index is 12.3. The van der Waals surface area contributed by atoms with Crippen LogP contribution < -0.4 is 10.1 Å². The number of pyridine rings is 1. The number of nitrogens with one attached hydrogen (secondary N) is 1. The third-order valence-electron chi connectivity index (χ3n) is 3.93. The Bertz CT molecular complexity index is 1210. The van der Waals surface area contributed by atoms with Gasteiger partial charge in [0.2, 0.25) is 11.8 Å². The Kier molecular flexibility index (Phi) is 6.07. The van der Waals surface area contributed by atoms with Crippen LogP contribution in [0.5, 0.6) is 5.75 Å². The maximum atomic E-state index is 12.3. The summed E-state index contributed by atoms with van der Waals surface area (Å²) in [7, 11) is 1.54. The molecule has 3 aromatic heterocycles. The summed E-state index contributed by atoms with van der Waals surface area (Å²) in [4.78, 5) is 16.5. The molecule has 0 bridgehead atoms. The molecule has 0 aliphatic carbocycles. The van der Waals surface area contributed by atoms with Crippen LogP contribution in [0.4, 0.5) is 5.69 Å². The lowest BCUT2D eigenvalue weighted by Gasteiger charge is -2.08. The second kappa shape index (κ2) is 8.90. The highest BCUT2D eigenvalue weighted by Gasteiger charge is 2.15. The molecule has 3 heterocycles. The van der Waals surface area contributed by atoms with E-state index in [2.05, 4.69) is 25.7 Å². The molecule has 4 aromatic rings. The van der Waals surface area contributed by atoms with E-state index in [1.54, 1.807) is 34.9 Å². The highest BCUT2D eigenvalue weighted by molar-refractivity contribution is 7.98. The van der Waals surface area contributed by atoms with Gasteiger partial charge in [-0.2, -0.15) is 4.98 Å². The minimum Gasteiger partial charge on any atom is -0.495 e. The van der Waals surface area contributed by atoms with Gasteiger partial charge in [-0.15, -0.1) is 10.2 Å². The predicted molar refractivity (Wildman–Crippen MR) is 112 cm³/mol. The van der Waals surface area contributed by atoms with E-state index in [9.17, 15) is 4.79 Å². The average molecular weight is 465 g/mol. The van der Waals surface area contributed by atoms with Crippen LogP contribution in [0, 0.1) is 0 Å². The quantitative estimate of drug-likeness (QED) is 0.410. The molecule has 1 N–H and O–H groups in total. The van der Waals surface area contributed by atoms with Crippen LogP contribution in [0.1, 0.15) is 11.7 Å². The number of nitrogens with zero attached hydrogens (tertiary/aromatic N) is 5. The number of hydrogen-bond acceptors (Lipinski definition) is 8. The van der Waals surface area contributed by atoms with E-state index in [1.807, 2.05) is 6.07 Å². The first-order valence-corrected chi connectivity index (χ1v) is 10.3. The summed E-state index contributed by atoms with van der Waals surface area (Å²) >= 11 is 13.5. The molecular formula is C18H14Cl2N6O3S. The van der Waals surface area contributed by atoms with Crippen molar-refractivity contribution in [2.24, 2.45) is 0 Å². The van der Waals surface area contributed by atoms with Crippen LogP contribution in [-0.2, 0) is 17.0 Å². The largest absolute Gasteiger partial charge is 0.495 e. The van der Waals surface area contributed by atoms with Gasteiger partial charge >= 0.3 is 0 Å². The fourth-order valence-corrected chi connectivity index (χ4v) is 3.89. The number of rotatable bonds is 7. The molecule has 9 nitrogen and oxygen atoms in total. The standard InChI is InChI=1S/C18H14Cl2N6O3S/c1-28-13-5-3-2-4-12(13)21-15(27)7-14-22-16(29-25-14)9-30-18-24-23-17-11(20)6-10(19)8-26(17)18/h2-6,8H,7,9H2,1H3,(H,21,27). The van der Waals surface area contributed by atoms with Gasteiger partial charge in [0.05, 0.1) is 35.0 Å². The third kappa shape index (κ3) is 4.50. The van der Waals surface area contributed by atoms with Crippen molar-refractivity contribution in [3.8, 4) is 5.75 Å². The summed E-state index contributed by atoms with van der Waals surface area (Å²) in [6, 6.07) is 8.72. The number of carbonyl (C=O) groups excluding carboxylic acids is 1. The number of thioether (sulfide) groups is 1. The van der Waals surface area contributed by atoms with Gasteiger partial charge in [-0.05, 0) is 18.2 Å². The van der Waals surface area contributed by atoms with E-state index >= 15 is 0 Å². The topological polar surface area (TPSA) is 107 Å². The Hall–Kier alpha value is -2.82. The van der Waals surface area contributed by atoms with E-state index in [1.165, 1.54) is 18.9 Å². The number of benzene rings is 1. The number of anilines is 1. The second-order valence-electron chi connectivity index (χ2n) is 6.00. The monoisotopic (exact) mass is 464 g/mol. The number of carbonyl (C=O) groups is 1. The minimum atomic E-state index is -0.285. The van der Waals surface area contributed by atoms with Crippen molar-refractivity contribution >= 4 is 52.2 Å². The normalized spacial score (nSPS) is 11.0. The molecular weight excluding hydrogens is 451 g/mol. The highest BCUT2D eigenvalue weighted by Crippen LogP contribution is 2.27. The Labute approximate surface area is 184 Å². The van der Waals surface area contributed by atoms with Gasteiger partial charge in [0.25, 0.3) is 0 Å². The summed E-state index contributed by atoms with van der Waals surface area (Å²) in [5.41, 5.74) is 1.07. The van der Waals surface area contributed by atoms with Crippen molar-refractivity contribution in [3.05, 3.63) is 58.3 Å². The Balaban J connectivity index is 1.38. The zero-order valence-electron chi connectivity index (χ0n) is 15.5. The van der Waals surface area contributed by atoms with Crippen LogP contribution in [0.3, 0.4) is 0 Å². The zero-order chi connectivity index (χ0) is 21.1. The number of ether oxygens (including phenoxy) is 1. The van der Waals surface area contributed by atoms with Crippen molar-refractivity contribution in [2.75, 3.05) is 12.4 Å². The number of para-hydroxylation sites is 2. The van der Waals surface area contributed by atoms with Gasteiger partial charge in [-0.1, -0.05) is 52.3 Å². The summed E-state index contributed by atoms with van der Waals surface area (Å²) in [6.07, 6.45) is 1.64. The molecule has 4 rings (SSSR count). The lowest BCUT2D eigenvalue weighted by atomic mass is 10.2. The molecule has 0 aliphatic heterocycles. The molecule has 0 atom stereocenters. The van der Waals surface area contributed by atoms with Crippen molar-refractivity contribution in [1.82, 2.24) is 24.7 Å². The first kappa shape index (κ1) is 20.5. The summed E-state index contributed by atoms with van der Waals surface area (Å²) in [5.74, 6) is 1.25. The van der Waals surface area contributed by atoms with Crippen LogP contribution in [-0.4, -0.2) is 37.8 Å². The van der Waals surface area contributed by atoms with E-state index in [-0.39, 0.29) is 18.2 Å². The summed E-state index contributed by atoms with van der Waals surface area (Å²) in [6.45, 7) is 0. The van der Waals surface area contributed by atoms with Gasteiger partial charge in [0.1, 0.15) is 5.75 Å². The molecule has 0 saturated heterocycles. The van der Waals surface area contributed by atoms with Crippen molar-refractivity contribution < 1.29 is 14.1 Å². The van der Waals surface area contributed by atoms with Crippen LogP contribution in [0.25, 0.3) is 5.65 Å². The molecule has 1 amide bonds. The van der Waals surface area contributed by atoms with Crippen molar-refractivity contribution in [3.63, 3.8) is 0 Å². The number of methoxy groups -OCH3 is 1. The predicted octanol–water partition coefficient (Wildman–Crippen LogP) is 3.90. The van der Waals surface area contributed by atoms with E-state index in [0.29, 0.717) is 43.9 Å². The molecule has 30 heavy (non-hydrogen) atoms. The first-order chi connectivity index (χ1) is 14.5. The minimum absolute atomic E-state index is 0.0364. The molecule has 0 aliphatic rings. The van der Waals surface area contributed by atoms with E-state index < -0.39 is 0 Å². The maximum Gasteiger partial charge on any atom is 0.237 e. The zero-order valence-corrected chi connectivity index (χ0v) is 17.8. The van der Waals surface area contributed by atoms with Gasteiger partial charge < -0.3 is 14.6 Å². The Morgan fingerprint density at radius 3 is 2.97 bits per heavy atom. The van der Waals surface area contributed by atoms with Gasteiger partial charge in [0.15, 0.2) is 16.6 Å². The average Bonchev–Trinajstić information content (AvgIpc) is 3.33. The summed E-state index contributed by atoms with van der Waals surface area (Å²) in [5, 5.41) is 16.2. The van der Waals surface area contributed by atoms with Crippen LogP contribution in [0.2, 0.25) is 10.0 Å². The Morgan fingerprint density at radius 1 is 1.30 bits per heavy atom. The molecule has 1 aromatic carbocycles. The van der Waals surface area contributed by atoms with E-state index in [0.717, 1.165) is 0 Å². The van der Waals surface area contributed by atoms with Gasteiger partial charge in [0, 0.05) is 6.20 Å². The Morgan fingerprint density at radius 2 is 2.13 bits per heavy atom. The molecule has 0 fully saturated rings. The molecule has 0 unspecified atom stereocenters. The third-order valence-corrected chi connectivity index (χ3v) is 5.34. The fourth-order valence-electron chi connectivity index (χ4n) is 2.63. The smallest absolute Gasteiger partial charge is 0.237 e. The second-order valence-corrected chi connectivity index (χ2v) is 7.79. The number of amides is 1. The van der Waals surface area contributed by atoms with E-state index in [4.69, 9.17) is 32.5 Å². The fraction of sp³-hybridized carbons (Fsp3) is 0.167. The molecule has 0 spiro atoms. The number of aromatic nitrogens is 5. The SMILES string of the molecule is COc1ccccc1NC(=O)Cc1noc(CSc2nnc3c(Cl)cc(Cl)cn23)n1. The lowest BCUT2D eigenvalue weighted by Crippen LogP contribution is -2.15. The molecule has 0 radical (unpaired) electrons. The van der Waals surface area contributed by atoms with Crippen molar-refractivity contribution in [2.45, 2.75) is 17.3 Å². The summed E-state index contributed by atoms with van der Waals surface area (Å²) < 4.78 is 12.1. The van der Waals surface area contributed by atoms with Crippen LogP contribution >= 0.6 is 35.0 Å². The van der Waals surface area contributed by atoms with Crippen molar-refractivity contribution in [1.29, 1.82) is 0 Å². The number of hydrogen-bond donors (Lipinski definition) is 1. The number of halogens is 2. The molecule has 154 valence electrons. The molecule has 12 heteroatoms. The highest BCUT2D eigenvalue weighted by atomic mass is 35.5. The lowest BCUT2D eigenvalue weighted by molar-refractivity contribution is -0.115. The number of fused-ring (bicyclic) bond motifs is 1.